The van der Waals surface area contributed by atoms with Gasteiger partial charge in [-0.25, -0.2) is 0 Å². The maximum atomic E-state index is 12.1. The SMILES string of the molecule is COc1c(N)cccc1C(=O)NCc1cccnn1. The second-order valence-electron chi connectivity index (χ2n) is 3.83. The van der Waals surface area contributed by atoms with Gasteiger partial charge in [-0.1, -0.05) is 6.07 Å². The molecule has 98 valence electrons. The molecule has 0 spiro atoms. The van der Waals surface area contributed by atoms with E-state index in [1.165, 1.54) is 7.11 Å². The number of anilines is 1. The summed E-state index contributed by atoms with van der Waals surface area (Å²) in [5, 5.41) is 10.4. The number of benzene rings is 1. The molecule has 1 aromatic carbocycles. The first-order valence-corrected chi connectivity index (χ1v) is 5.69. The zero-order valence-corrected chi connectivity index (χ0v) is 10.5. The molecule has 0 aliphatic rings. The summed E-state index contributed by atoms with van der Waals surface area (Å²) in [5.74, 6) is 0.106. The van der Waals surface area contributed by atoms with Crippen LogP contribution in [0.2, 0.25) is 0 Å². The van der Waals surface area contributed by atoms with Crippen LogP contribution in [0.3, 0.4) is 0 Å². The van der Waals surface area contributed by atoms with Gasteiger partial charge >= 0.3 is 0 Å². The number of rotatable bonds is 4. The molecule has 6 heteroatoms. The minimum Gasteiger partial charge on any atom is -0.494 e. The van der Waals surface area contributed by atoms with E-state index in [2.05, 4.69) is 15.5 Å². The number of aromatic nitrogens is 2. The molecule has 0 radical (unpaired) electrons. The van der Waals surface area contributed by atoms with Crippen LogP contribution >= 0.6 is 0 Å². The molecular formula is C13H14N4O2. The van der Waals surface area contributed by atoms with Crippen molar-refractivity contribution in [1.82, 2.24) is 15.5 Å². The molecule has 0 unspecified atom stereocenters. The monoisotopic (exact) mass is 258 g/mol. The van der Waals surface area contributed by atoms with Gasteiger partial charge in [-0.3, -0.25) is 4.79 Å². The van der Waals surface area contributed by atoms with E-state index < -0.39 is 0 Å². The van der Waals surface area contributed by atoms with E-state index in [1.807, 2.05) is 0 Å². The lowest BCUT2D eigenvalue weighted by atomic mass is 10.1. The first-order chi connectivity index (χ1) is 9.22. The van der Waals surface area contributed by atoms with Crippen molar-refractivity contribution in [1.29, 1.82) is 0 Å². The minimum atomic E-state index is -0.269. The second kappa shape index (κ2) is 5.81. The van der Waals surface area contributed by atoms with E-state index in [1.54, 1.807) is 36.5 Å². The molecule has 0 fully saturated rings. The van der Waals surface area contributed by atoms with Gasteiger partial charge in [0.15, 0.2) is 5.75 Å². The number of methoxy groups -OCH3 is 1. The Balaban J connectivity index is 2.10. The molecule has 0 bridgehead atoms. The number of hydrogen-bond donors (Lipinski definition) is 2. The van der Waals surface area contributed by atoms with Crippen LogP contribution < -0.4 is 15.8 Å². The normalized spacial score (nSPS) is 9.95. The summed E-state index contributed by atoms with van der Waals surface area (Å²) in [6, 6.07) is 8.58. The molecular weight excluding hydrogens is 244 g/mol. The average molecular weight is 258 g/mol. The third-order valence-corrected chi connectivity index (χ3v) is 2.55. The fourth-order valence-electron chi connectivity index (χ4n) is 1.66. The summed E-state index contributed by atoms with van der Waals surface area (Å²) in [6.45, 7) is 0.296. The van der Waals surface area contributed by atoms with Gasteiger partial charge in [0.25, 0.3) is 5.91 Å². The standard InChI is InChI=1S/C13H14N4O2/c1-19-12-10(5-2-6-11(12)14)13(18)15-8-9-4-3-7-16-17-9/h2-7H,8,14H2,1H3,(H,15,18). The van der Waals surface area contributed by atoms with Crippen LogP contribution in [0.4, 0.5) is 5.69 Å². The highest BCUT2D eigenvalue weighted by molar-refractivity contribution is 5.98. The van der Waals surface area contributed by atoms with E-state index in [4.69, 9.17) is 10.5 Å². The number of ether oxygens (including phenoxy) is 1. The molecule has 6 nitrogen and oxygen atoms in total. The molecule has 0 aliphatic carbocycles. The largest absolute Gasteiger partial charge is 0.494 e. The van der Waals surface area contributed by atoms with E-state index in [9.17, 15) is 4.79 Å². The molecule has 19 heavy (non-hydrogen) atoms. The predicted molar refractivity (Wildman–Crippen MR) is 70.6 cm³/mol. The first-order valence-electron chi connectivity index (χ1n) is 5.69. The highest BCUT2D eigenvalue weighted by atomic mass is 16.5. The Kier molecular flexibility index (Phi) is 3.92. The van der Waals surface area contributed by atoms with E-state index >= 15 is 0 Å². The molecule has 2 rings (SSSR count). The van der Waals surface area contributed by atoms with Gasteiger partial charge in [-0.15, -0.1) is 0 Å². The van der Waals surface area contributed by atoms with Crippen LogP contribution in [-0.2, 0) is 6.54 Å². The van der Waals surface area contributed by atoms with Crippen molar-refractivity contribution in [2.75, 3.05) is 12.8 Å². The van der Waals surface area contributed by atoms with Gasteiger partial charge in [0, 0.05) is 6.20 Å². The average Bonchev–Trinajstić information content (AvgIpc) is 2.45. The fraction of sp³-hybridized carbons (Fsp3) is 0.154. The second-order valence-corrected chi connectivity index (χ2v) is 3.83. The maximum Gasteiger partial charge on any atom is 0.255 e. The molecule has 2 aromatic rings. The number of nitrogens with one attached hydrogen (secondary N) is 1. The smallest absolute Gasteiger partial charge is 0.255 e. The summed E-state index contributed by atoms with van der Waals surface area (Å²) in [5.41, 5.74) is 7.25. The zero-order chi connectivity index (χ0) is 13.7. The van der Waals surface area contributed by atoms with Crippen LogP contribution in [-0.4, -0.2) is 23.2 Å². The van der Waals surface area contributed by atoms with Gasteiger partial charge < -0.3 is 15.8 Å². The highest BCUT2D eigenvalue weighted by Crippen LogP contribution is 2.25. The molecule has 1 amide bonds. The number of para-hydroxylation sites is 1. The molecule has 0 atom stereocenters. The minimum absolute atomic E-state index is 0.269. The molecule has 0 aliphatic heterocycles. The topological polar surface area (TPSA) is 90.1 Å². The Labute approximate surface area is 110 Å². The van der Waals surface area contributed by atoms with Crippen LogP contribution in [0, 0.1) is 0 Å². The van der Waals surface area contributed by atoms with Crippen molar-refractivity contribution in [2.45, 2.75) is 6.54 Å². The third kappa shape index (κ3) is 2.98. The van der Waals surface area contributed by atoms with Gasteiger partial charge in [-0.05, 0) is 24.3 Å². The van der Waals surface area contributed by atoms with Crippen LogP contribution in [0.25, 0.3) is 0 Å². The molecule has 0 saturated carbocycles. The van der Waals surface area contributed by atoms with Gasteiger partial charge in [0.2, 0.25) is 0 Å². The van der Waals surface area contributed by atoms with Crippen LogP contribution in [0.1, 0.15) is 16.1 Å². The molecule has 3 N–H and O–H groups in total. The number of nitrogens with two attached hydrogens (primary N) is 1. The van der Waals surface area contributed by atoms with Gasteiger partial charge in [0.1, 0.15) is 0 Å². The van der Waals surface area contributed by atoms with E-state index in [0.29, 0.717) is 29.2 Å². The van der Waals surface area contributed by atoms with Crippen molar-refractivity contribution < 1.29 is 9.53 Å². The Hall–Kier alpha value is -2.63. The molecule has 1 heterocycles. The summed E-state index contributed by atoms with van der Waals surface area (Å²) in [4.78, 5) is 12.1. The van der Waals surface area contributed by atoms with Crippen molar-refractivity contribution in [2.24, 2.45) is 0 Å². The highest BCUT2D eigenvalue weighted by Gasteiger charge is 2.14. The molecule has 0 saturated heterocycles. The van der Waals surface area contributed by atoms with Crippen molar-refractivity contribution in [3.63, 3.8) is 0 Å². The number of nitrogens with zero attached hydrogens (tertiary/aromatic N) is 2. The van der Waals surface area contributed by atoms with Crippen molar-refractivity contribution >= 4 is 11.6 Å². The predicted octanol–water partition coefficient (Wildman–Crippen LogP) is 0.997. The van der Waals surface area contributed by atoms with E-state index in [0.717, 1.165) is 0 Å². The Morgan fingerprint density at radius 2 is 2.21 bits per heavy atom. The van der Waals surface area contributed by atoms with Crippen molar-refractivity contribution in [3.8, 4) is 5.75 Å². The van der Waals surface area contributed by atoms with Gasteiger partial charge in [-0.2, -0.15) is 10.2 Å². The number of carbonyl (C=O) groups excluding carboxylic acids is 1. The van der Waals surface area contributed by atoms with Crippen LogP contribution in [0.15, 0.2) is 36.5 Å². The molecule has 1 aromatic heterocycles. The maximum absolute atomic E-state index is 12.1. The Morgan fingerprint density at radius 1 is 1.37 bits per heavy atom. The Bertz CT molecular complexity index is 572. The number of amides is 1. The summed E-state index contributed by atoms with van der Waals surface area (Å²) < 4.78 is 5.14. The fourth-order valence-corrected chi connectivity index (χ4v) is 1.66. The van der Waals surface area contributed by atoms with E-state index in [-0.39, 0.29) is 5.91 Å². The summed E-state index contributed by atoms with van der Waals surface area (Å²) >= 11 is 0. The van der Waals surface area contributed by atoms with Crippen LogP contribution in [0.5, 0.6) is 5.75 Å². The lowest BCUT2D eigenvalue weighted by Gasteiger charge is -2.10. The number of nitrogen functional groups attached to an aromatic ring is 1. The van der Waals surface area contributed by atoms with Gasteiger partial charge in [0.05, 0.1) is 30.6 Å². The summed E-state index contributed by atoms with van der Waals surface area (Å²) in [6.07, 6.45) is 1.58. The quantitative estimate of drug-likeness (QED) is 0.798. The lowest BCUT2D eigenvalue weighted by molar-refractivity contribution is 0.0947. The zero-order valence-electron chi connectivity index (χ0n) is 10.5. The number of carbonyl (C=O) groups is 1. The Morgan fingerprint density at radius 3 is 2.89 bits per heavy atom. The lowest BCUT2D eigenvalue weighted by Crippen LogP contribution is -2.24. The van der Waals surface area contributed by atoms with Crippen molar-refractivity contribution in [3.05, 3.63) is 47.8 Å². The first kappa shape index (κ1) is 12.8. The number of hydrogen-bond acceptors (Lipinski definition) is 5. The third-order valence-electron chi connectivity index (χ3n) is 2.55. The summed E-state index contributed by atoms with van der Waals surface area (Å²) in [7, 11) is 1.48.